The molecule has 1 saturated heterocycles. The maximum atomic E-state index is 3.48. The highest BCUT2D eigenvalue weighted by Gasteiger charge is 2.09. The van der Waals surface area contributed by atoms with Gasteiger partial charge in [-0.3, -0.25) is 0 Å². The molecule has 0 unspecified atom stereocenters. The second kappa shape index (κ2) is 5.55. The smallest absolute Gasteiger partial charge is 0.0366 e. The standard InChI is InChI=1S/C13H18BrN/c14-11-12-5-7-13(8-6-12)15-9-3-1-2-4-10-15/h5-8H,1-4,9-11H2. The summed E-state index contributed by atoms with van der Waals surface area (Å²) in [7, 11) is 0. The third-order valence-electron chi connectivity index (χ3n) is 3.06. The van der Waals surface area contributed by atoms with Gasteiger partial charge in [-0.25, -0.2) is 0 Å². The Morgan fingerprint density at radius 1 is 0.933 bits per heavy atom. The van der Waals surface area contributed by atoms with E-state index in [-0.39, 0.29) is 0 Å². The molecule has 0 saturated carbocycles. The van der Waals surface area contributed by atoms with Gasteiger partial charge in [0.1, 0.15) is 0 Å². The molecule has 0 bridgehead atoms. The minimum atomic E-state index is 0.952. The largest absolute Gasteiger partial charge is 0.372 e. The molecule has 0 atom stereocenters. The zero-order valence-electron chi connectivity index (χ0n) is 9.08. The van der Waals surface area contributed by atoms with Gasteiger partial charge in [0.15, 0.2) is 0 Å². The second-order valence-electron chi connectivity index (χ2n) is 4.20. The molecule has 1 nitrogen and oxygen atoms in total. The molecular formula is C13H18BrN. The van der Waals surface area contributed by atoms with Gasteiger partial charge in [0, 0.05) is 24.1 Å². The Bertz CT molecular complexity index is 286. The first-order valence-corrected chi connectivity index (χ1v) is 6.92. The van der Waals surface area contributed by atoms with E-state index in [1.165, 1.54) is 50.0 Å². The Morgan fingerprint density at radius 2 is 1.53 bits per heavy atom. The molecule has 1 fully saturated rings. The first-order valence-electron chi connectivity index (χ1n) is 5.80. The van der Waals surface area contributed by atoms with Crippen LogP contribution in [0.4, 0.5) is 5.69 Å². The van der Waals surface area contributed by atoms with Gasteiger partial charge in [-0.2, -0.15) is 0 Å². The average molecular weight is 268 g/mol. The van der Waals surface area contributed by atoms with Crippen molar-refractivity contribution in [2.45, 2.75) is 31.0 Å². The monoisotopic (exact) mass is 267 g/mol. The molecule has 2 heteroatoms. The fourth-order valence-corrected chi connectivity index (χ4v) is 2.50. The van der Waals surface area contributed by atoms with Crippen LogP contribution in [-0.2, 0) is 5.33 Å². The quantitative estimate of drug-likeness (QED) is 0.734. The second-order valence-corrected chi connectivity index (χ2v) is 4.76. The van der Waals surface area contributed by atoms with Gasteiger partial charge >= 0.3 is 0 Å². The van der Waals surface area contributed by atoms with Crippen LogP contribution < -0.4 is 4.90 Å². The molecule has 1 aliphatic rings. The van der Waals surface area contributed by atoms with E-state index in [0.717, 1.165) is 5.33 Å². The molecule has 0 N–H and O–H groups in total. The van der Waals surface area contributed by atoms with Crippen LogP contribution in [-0.4, -0.2) is 13.1 Å². The van der Waals surface area contributed by atoms with Crippen LogP contribution in [0.2, 0.25) is 0 Å². The summed E-state index contributed by atoms with van der Waals surface area (Å²) in [6.45, 7) is 2.46. The van der Waals surface area contributed by atoms with Crippen molar-refractivity contribution >= 4 is 21.6 Å². The molecule has 2 rings (SSSR count). The Balaban J connectivity index is 2.06. The van der Waals surface area contributed by atoms with Gasteiger partial charge in [-0.15, -0.1) is 0 Å². The molecule has 1 aliphatic heterocycles. The number of hydrogen-bond acceptors (Lipinski definition) is 1. The van der Waals surface area contributed by atoms with E-state index in [1.807, 2.05) is 0 Å². The fraction of sp³-hybridized carbons (Fsp3) is 0.538. The third-order valence-corrected chi connectivity index (χ3v) is 3.71. The van der Waals surface area contributed by atoms with Crippen molar-refractivity contribution in [3.05, 3.63) is 29.8 Å². The SMILES string of the molecule is BrCc1ccc(N2CCCCCC2)cc1. The fourth-order valence-electron chi connectivity index (χ4n) is 2.12. The topological polar surface area (TPSA) is 3.24 Å². The molecule has 0 aromatic heterocycles. The molecule has 1 heterocycles. The van der Waals surface area contributed by atoms with E-state index in [9.17, 15) is 0 Å². The third kappa shape index (κ3) is 2.97. The van der Waals surface area contributed by atoms with Crippen LogP contribution in [0.1, 0.15) is 31.2 Å². The van der Waals surface area contributed by atoms with Crippen LogP contribution >= 0.6 is 15.9 Å². The molecule has 0 radical (unpaired) electrons. The molecule has 1 aromatic carbocycles. The van der Waals surface area contributed by atoms with Crippen molar-refractivity contribution in [2.75, 3.05) is 18.0 Å². The minimum absolute atomic E-state index is 0.952. The van der Waals surface area contributed by atoms with Crippen LogP contribution in [0.5, 0.6) is 0 Å². The van der Waals surface area contributed by atoms with E-state index < -0.39 is 0 Å². The van der Waals surface area contributed by atoms with Gasteiger partial charge in [0.25, 0.3) is 0 Å². The number of anilines is 1. The Hall–Kier alpha value is -0.500. The van der Waals surface area contributed by atoms with Gasteiger partial charge in [0.05, 0.1) is 0 Å². The maximum Gasteiger partial charge on any atom is 0.0366 e. The normalized spacial score (nSPS) is 17.5. The lowest BCUT2D eigenvalue weighted by Gasteiger charge is -2.22. The lowest BCUT2D eigenvalue weighted by Crippen LogP contribution is -2.23. The van der Waals surface area contributed by atoms with Gasteiger partial charge in [-0.05, 0) is 30.5 Å². The summed E-state index contributed by atoms with van der Waals surface area (Å²) in [6, 6.07) is 8.94. The predicted octanol–water partition coefficient (Wildman–Crippen LogP) is 3.96. The van der Waals surface area contributed by atoms with Crippen LogP contribution in [0, 0.1) is 0 Å². The molecule has 15 heavy (non-hydrogen) atoms. The summed E-state index contributed by atoms with van der Waals surface area (Å²) in [5.41, 5.74) is 2.75. The first kappa shape index (κ1) is 11.0. The summed E-state index contributed by atoms with van der Waals surface area (Å²) in [6.07, 6.45) is 5.49. The summed E-state index contributed by atoms with van der Waals surface area (Å²) >= 11 is 3.48. The van der Waals surface area contributed by atoms with Gasteiger partial charge < -0.3 is 4.90 Å². The molecule has 0 spiro atoms. The zero-order valence-corrected chi connectivity index (χ0v) is 10.7. The van der Waals surface area contributed by atoms with Crippen LogP contribution in [0.3, 0.4) is 0 Å². The highest BCUT2D eigenvalue weighted by Crippen LogP contribution is 2.20. The summed E-state index contributed by atoms with van der Waals surface area (Å²) in [5.74, 6) is 0. The van der Waals surface area contributed by atoms with Crippen molar-refractivity contribution in [3.8, 4) is 0 Å². The zero-order chi connectivity index (χ0) is 10.5. The lowest BCUT2D eigenvalue weighted by atomic mass is 10.2. The highest BCUT2D eigenvalue weighted by atomic mass is 79.9. The van der Waals surface area contributed by atoms with E-state index >= 15 is 0 Å². The van der Waals surface area contributed by atoms with E-state index in [2.05, 4.69) is 45.1 Å². The summed E-state index contributed by atoms with van der Waals surface area (Å²) in [4.78, 5) is 2.52. The lowest BCUT2D eigenvalue weighted by molar-refractivity contribution is 0.726. The molecule has 1 aromatic rings. The average Bonchev–Trinajstić information content (AvgIpc) is 2.58. The van der Waals surface area contributed by atoms with Crippen molar-refractivity contribution in [1.29, 1.82) is 0 Å². The summed E-state index contributed by atoms with van der Waals surface area (Å²) in [5, 5.41) is 0.952. The van der Waals surface area contributed by atoms with Crippen molar-refractivity contribution in [3.63, 3.8) is 0 Å². The Labute approximate surface area is 101 Å². The number of benzene rings is 1. The first-order chi connectivity index (χ1) is 7.40. The number of alkyl halides is 1. The number of halogens is 1. The van der Waals surface area contributed by atoms with Gasteiger partial charge in [0.2, 0.25) is 0 Å². The van der Waals surface area contributed by atoms with Crippen LogP contribution in [0.25, 0.3) is 0 Å². The van der Waals surface area contributed by atoms with E-state index in [1.54, 1.807) is 0 Å². The molecule has 0 amide bonds. The Kier molecular flexibility index (Phi) is 4.07. The number of hydrogen-bond donors (Lipinski definition) is 0. The van der Waals surface area contributed by atoms with Gasteiger partial charge in [-0.1, -0.05) is 40.9 Å². The Morgan fingerprint density at radius 3 is 2.07 bits per heavy atom. The number of rotatable bonds is 2. The molecular weight excluding hydrogens is 250 g/mol. The van der Waals surface area contributed by atoms with Crippen molar-refractivity contribution < 1.29 is 0 Å². The van der Waals surface area contributed by atoms with Crippen molar-refractivity contribution in [1.82, 2.24) is 0 Å². The van der Waals surface area contributed by atoms with E-state index in [0.29, 0.717) is 0 Å². The number of nitrogens with zero attached hydrogens (tertiary/aromatic N) is 1. The highest BCUT2D eigenvalue weighted by molar-refractivity contribution is 9.08. The molecule has 82 valence electrons. The van der Waals surface area contributed by atoms with Crippen LogP contribution in [0.15, 0.2) is 24.3 Å². The molecule has 0 aliphatic carbocycles. The summed E-state index contributed by atoms with van der Waals surface area (Å²) < 4.78 is 0. The van der Waals surface area contributed by atoms with Crippen molar-refractivity contribution in [2.24, 2.45) is 0 Å². The minimum Gasteiger partial charge on any atom is -0.372 e. The van der Waals surface area contributed by atoms with E-state index in [4.69, 9.17) is 0 Å². The maximum absolute atomic E-state index is 3.48. The predicted molar refractivity (Wildman–Crippen MR) is 69.8 cm³/mol.